The van der Waals surface area contributed by atoms with Gasteiger partial charge in [0, 0.05) is 5.69 Å². The van der Waals surface area contributed by atoms with Crippen LogP contribution in [0.4, 0.5) is 5.69 Å². The molecule has 0 radical (unpaired) electrons. The molecule has 5 heteroatoms. The molecule has 0 saturated carbocycles. The smallest absolute Gasteiger partial charge is 0.338 e. The molecule has 0 fully saturated rings. The van der Waals surface area contributed by atoms with Gasteiger partial charge in [-0.3, -0.25) is 4.79 Å². The Balaban J connectivity index is 2.47. The van der Waals surface area contributed by atoms with E-state index in [2.05, 4.69) is 10.6 Å². The van der Waals surface area contributed by atoms with Crippen molar-refractivity contribution >= 4 is 17.6 Å². The molecule has 0 heterocycles. The predicted molar refractivity (Wildman–Crippen MR) is 78.8 cm³/mol. The highest BCUT2D eigenvalue weighted by Crippen LogP contribution is 2.10. The fourth-order valence-electron chi connectivity index (χ4n) is 1.53. The second-order valence-corrected chi connectivity index (χ2v) is 4.40. The van der Waals surface area contributed by atoms with E-state index >= 15 is 0 Å². The summed E-state index contributed by atoms with van der Waals surface area (Å²) in [6, 6.07) is 6.69. The molecule has 0 bridgehead atoms. The topological polar surface area (TPSA) is 67.4 Å². The summed E-state index contributed by atoms with van der Waals surface area (Å²) in [7, 11) is 0. The molecule has 0 aliphatic carbocycles. The van der Waals surface area contributed by atoms with Crippen LogP contribution in [0.1, 0.15) is 37.0 Å². The van der Waals surface area contributed by atoms with Crippen LogP contribution in [-0.2, 0) is 9.53 Å². The largest absolute Gasteiger partial charge is 0.462 e. The number of ether oxygens (including phenoxy) is 1. The molecular formula is C15H22N2O3. The molecule has 1 rings (SSSR count). The highest BCUT2D eigenvalue weighted by molar-refractivity contribution is 5.93. The SMILES string of the molecule is CCCCOC(=O)c1ccc(NC(=O)CNCC)cc1. The van der Waals surface area contributed by atoms with Crippen molar-refractivity contribution in [3.63, 3.8) is 0 Å². The van der Waals surface area contributed by atoms with Crippen LogP contribution in [0, 0.1) is 0 Å². The Labute approximate surface area is 119 Å². The van der Waals surface area contributed by atoms with Crippen molar-refractivity contribution in [2.45, 2.75) is 26.7 Å². The molecule has 0 spiro atoms. The van der Waals surface area contributed by atoms with Crippen LogP contribution in [0.15, 0.2) is 24.3 Å². The Morgan fingerprint density at radius 2 is 1.85 bits per heavy atom. The van der Waals surface area contributed by atoms with Gasteiger partial charge in [-0.05, 0) is 37.2 Å². The monoisotopic (exact) mass is 278 g/mol. The Morgan fingerprint density at radius 1 is 1.15 bits per heavy atom. The van der Waals surface area contributed by atoms with Crippen LogP contribution in [0.25, 0.3) is 0 Å². The van der Waals surface area contributed by atoms with Crippen LogP contribution in [0.2, 0.25) is 0 Å². The summed E-state index contributed by atoms with van der Waals surface area (Å²) in [5, 5.41) is 5.68. The number of esters is 1. The van der Waals surface area contributed by atoms with Gasteiger partial charge in [0.1, 0.15) is 0 Å². The molecule has 0 atom stereocenters. The van der Waals surface area contributed by atoms with Gasteiger partial charge in [0.2, 0.25) is 5.91 Å². The number of amides is 1. The maximum Gasteiger partial charge on any atom is 0.338 e. The minimum absolute atomic E-state index is 0.106. The van der Waals surface area contributed by atoms with Crippen molar-refractivity contribution in [3.05, 3.63) is 29.8 Å². The van der Waals surface area contributed by atoms with Crippen molar-refractivity contribution in [1.29, 1.82) is 0 Å². The van der Waals surface area contributed by atoms with E-state index in [0.29, 0.717) is 17.9 Å². The minimum atomic E-state index is -0.330. The third kappa shape index (κ3) is 5.84. The van der Waals surface area contributed by atoms with Crippen LogP contribution < -0.4 is 10.6 Å². The second-order valence-electron chi connectivity index (χ2n) is 4.40. The zero-order chi connectivity index (χ0) is 14.8. The number of likely N-dealkylation sites (N-methyl/N-ethyl adjacent to an activating group) is 1. The number of benzene rings is 1. The third-order valence-electron chi connectivity index (χ3n) is 2.67. The van der Waals surface area contributed by atoms with Gasteiger partial charge in [-0.15, -0.1) is 0 Å². The van der Waals surface area contributed by atoms with Crippen molar-refractivity contribution in [2.75, 3.05) is 25.0 Å². The summed E-state index contributed by atoms with van der Waals surface area (Å²) >= 11 is 0. The van der Waals surface area contributed by atoms with Gasteiger partial charge in [0.25, 0.3) is 0 Å². The molecule has 1 aromatic carbocycles. The van der Waals surface area contributed by atoms with E-state index in [0.717, 1.165) is 19.4 Å². The summed E-state index contributed by atoms with van der Waals surface area (Å²) in [5.41, 5.74) is 1.16. The Bertz CT molecular complexity index is 429. The van der Waals surface area contributed by atoms with Crippen molar-refractivity contribution < 1.29 is 14.3 Å². The van der Waals surface area contributed by atoms with E-state index in [4.69, 9.17) is 4.74 Å². The summed E-state index contributed by atoms with van der Waals surface area (Å²) in [4.78, 5) is 23.2. The minimum Gasteiger partial charge on any atom is -0.462 e. The molecule has 2 N–H and O–H groups in total. The number of nitrogens with one attached hydrogen (secondary N) is 2. The van der Waals surface area contributed by atoms with Crippen molar-refractivity contribution in [3.8, 4) is 0 Å². The normalized spacial score (nSPS) is 10.1. The first-order valence-corrected chi connectivity index (χ1v) is 6.95. The van der Waals surface area contributed by atoms with E-state index in [9.17, 15) is 9.59 Å². The van der Waals surface area contributed by atoms with E-state index < -0.39 is 0 Å². The van der Waals surface area contributed by atoms with Crippen molar-refractivity contribution in [2.24, 2.45) is 0 Å². The first-order valence-electron chi connectivity index (χ1n) is 6.95. The van der Waals surface area contributed by atoms with Crippen LogP contribution in [-0.4, -0.2) is 31.6 Å². The average Bonchev–Trinajstić information content (AvgIpc) is 2.46. The average molecular weight is 278 g/mol. The lowest BCUT2D eigenvalue weighted by atomic mass is 10.2. The molecule has 110 valence electrons. The number of hydrogen-bond donors (Lipinski definition) is 2. The second kappa shape index (κ2) is 9.09. The molecule has 0 aliphatic heterocycles. The number of rotatable bonds is 8. The van der Waals surface area contributed by atoms with Gasteiger partial charge in [-0.25, -0.2) is 4.79 Å². The van der Waals surface area contributed by atoms with Gasteiger partial charge in [0.15, 0.2) is 0 Å². The third-order valence-corrected chi connectivity index (χ3v) is 2.67. The van der Waals surface area contributed by atoms with Gasteiger partial charge in [-0.1, -0.05) is 20.3 Å². The predicted octanol–water partition coefficient (Wildman–Crippen LogP) is 2.19. The zero-order valence-electron chi connectivity index (χ0n) is 12.1. The number of hydrogen-bond acceptors (Lipinski definition) is 4. The number of anilines is 1. The lowest BCUT2D eigenvalue weighted by Crippen LogP contribution is -2.27. The lowest BCUT2D eigenvalue weighted by Gasteiger charge is -2.07. The fraction of sp³-hybridized carbons (Fsp3) is 0.467. The van der Waals surface area contributed by atoms with Crippen molar-refractivity contribution in [1.82, 2.24) is 5.32 Å². The molecule has 5 nitrogen and oxygen atoms in total. The maximum atomic E-state index is 11.7. The Kier molecular flexibility index (Phi) is 7.35. The van der Waals surface area contributed by atoms with E-state index in [1.54, 1.807) is 24.3 Å². The van der Waals surface area contributed by atoms with E-state index in [1.807, 2.05) is 13.8 Å². The lowest BCUT2D eigenvalue weighted by molar-refractivity contribution is -0.115. The number of carbonyl (C=O) groups excluding carboxylic acids is 2. The molecule has 0 aliphatic rings. The fourth-order valence-corrected chi connectivity index (χ4v) is 1.53. The zero-order valence-corrected chi connectivity index (χ0v) is 12.1. The summed E-state index contributed by atoms with van der Waals surface area (Å²) in [5.74, 6) is -0.436. The molecule has 0 aromatic heterocycles. The number of unbranched alkanes of at least 4 members (excludes halogenated alkanes) is 1. The molecular weight excluding hydrogens is 256 g/mol. The maximum absolute atomic E-state index is 11.7. The highest BCUT2D eigenvalue weighted by Gasteiger charge is 2.07. The standard InChI is InChI=1S/C15H22N2O3/c1-3-5-10-20-15(19)12-6-8-13(9-7-12)17-14(18)11-16-4-2/h6-9,16H,3-5,10-11H2,1-2H3,(H,17,18). The van der Waals surface area contributed by atoms with E-state index in [1.165, 1.54) is 0 Å². The molecule has 0 unspecified atom stereocenters. The van der Waals surface area contributed by atoms with Gasteiger partial charge in [0.05, 0.1) is 18.7 Å². The van der Waals surface area contributed by atoms with Crippen LogP contribution in [0.5, 0.6) is 0 Å². The first kappa shape index (κ1) is 16.2. The van der Waals surface area contributed by atoms with Gasteiger partial charge >= 0.3 is 5.97 Å². The van der Waals surface area contributed by atoms with Crippen LogP contribution >= 0.6 is 0 Å². The summed E-state index contributed by atoms with van der Waals surface area (Å²) in [6.07, 6.45) is 1.86. The van der Waals surface area contributed by atoms with E-state index in [-0.39, 0.29) is 18.4 Å². The summed E-state index contributed by atoms with van der Waals surface area (Å²) in [6.45, 7) is 5.44. The quantitative estimate of drug-likeness (QED) is 0.565. The number of carbonyl (C=O) groups is 2. The Hall–Kier alpha value is -1.88. The molecule has 1 amide bonds. The van der Waals surface area contributed by atoms with Gasteiger partial charge in [-0.2, -0.15) is 0 Å². The first-order chi connectivity index (χ1) is 9.67. The van der Waals surface area contributed by atoms with Gasteiger partial charge < -0.3 is 15.4 Å². The molecule has 20 heavy (non-hydrogen) atoms. The van der Waals surface area contributed by atoms with Crippen LogP contribution in [0.3, 0.4) is 0 Å². The summed E-state index contributed by atoms with van der Waals surface area (Å²) < 4.78 is 5.11. The molecule has 1 aromatic rings. The Morgan fingerprint density at radius 3 is 2.45 bits per heavy atom. The highest BCUT2D eigenvalue weighted by atomic mass is 16.5. The molecule has 0 saturated heterocycles.